The first-order chi connectivity index (χ1) is 14.1. The van der Waals surface area contributed by atoms with Gasteiger partial charge in [-0.3, -0.25) is 5.32 Å². The molecule has 0 saturated carbocycles. The zero-order chi connectivity index (χ0) is 20.4. The molecule has 29 heavy (non-hydrogen) atoms. The zero-order valence-electron chi connectivity index (χ0n) is 16.6. The van der Waals surface area contributed by atoms with Crippen LogP contribution in [-0.4, -0.2) is 37.1 Å². The first-order valence-electron chi connectivity index (χ1n) is 9.72. The van der Waals surface area contributed by atoms with Gasteiger partial charge in [-0.15, -0.1) is 0 Å². The normalized spacial score (nSPS) is 16.1. The summed E-state index contributed by atoms with van der Waals surface area (Å²) in [6, 6.07) is 13.5. The first kappa shape index (κ1) is 19.1. The van der Waals surface area contributed by atoms with Crippen molar-refractivity contribution in [3.05, 3.63) is 42.5 Å². The molecule has 3 N–H and O–H groups in total. The highest BCUT2D eigenvalue weighted by Crippen LogP contribution is 2.38. The Morgan fingerprint density at radius 1 is 1.31 bits per heavy atom. The van der Waals surface area contributed by atoms with Crippen LogP contribution in [0.15, 0.2) is 42.5 Å². The standard InChI is InChI=1S/C22H25N3O4/c1-3-25-19-12-16(27-2)7-8-18(19)20(23)21(25)14-5-4-6-15(11-14)24-22(26)29-17-9-10-28-13-17/h4-8,11-12,17H,3,9-10,13,23H2,1-2H3,(H,24,26)/t17-/m1/s1. The number of carbonyl (C=O) groups excluding carboxylic acids is 1. The minimum atomic E-state index is -0.480. The third kappa shape index (κ3) is 3.73. The molecular formula is C22H25N3O4. The number of hydrogen-bond donors (Lipinski definition) is 2. The maximum Gasteiger partial charge on any atom is 0.411 e. The predicted molar refractivity (Wildman–Crippen MR) is 113 cm³/mol. The summed E-state index contributed by atoms with van der Waals surface area (Å²) in [6.45, 7) is 3.89. The van der Waals surface area contributed by atoms with Crippen LogP contribution >= 0.6 is 0 Å². The number of aromatic nitrogens is 1. The molecule has 0 aliphatic carbocycles. The summed E-state index contributed by atoms with van der Waals surface area (Å²) in [7, 11) is 1.65. The van der Waals surface area contributed by atoms with Crippen LogP contribution in [0, 0.1) is 0 Å². The second kappa shape index (κ2) is 8.05. The molecule has 1 aliphatic heterocycles. The lowest BCUT2D eigenvalue weighted by Crippen LogP contribution is -2.22. The van der Waals surface area contributed by atoms with Crippen molar-refractivity contribution in [3.63, 3.8) is 0 Å². The molecule has 2 aromatic carbocycles. The number of fused-ring (bicyclic) bond motifs is 1. The molecule has 1 aliphatic rings. The van der Waals surface area contributed by atoms with E-state index < -0.39 is 6.09 Å². The number of aryl methyl sites for hydroxylation is 1. The Morgan fingerprint density at radius 3 is 2.90 bits per heavy atom. The van der Waals surface area contributed by atoms with Gasteiger partial charge >= 0.3 is 6.09 Å². The van der Waals surface area contributed by atoms with E-state index in [1.807, 2.05) is 42.5 Å². The summed E-state index contributed by atoms with van der Waals surface area (Å²) in [4.78, 5) is 12.2. The van der Waals surface area contributed by atoms with Crippen LogP contribution in [0.2, 0.25) is 0 Å². The smallest absolute Gasteiger partial charge is 0.411 e. The van der Waals surface area contributed by atoms with E-state index in [0.717, 1.165) is 40.9 Å². The van der Waals surface area contributed by atoms with Gasteiger partial charge < -0.3 is 24.5 Å². The van der Waals surface area contributed by atoms with Crippen LogP contribution in [0.25, 0.3) is 22.2 Å². The molecule has 152 valence electrons. The minimum absolute atomic E-state index is 0.188. The lowest BCUT2D eigenvalue weighted by molar-refractivity contribution is 0.0932. The summed E-state index contributed by atoms with van der Waals surface area (Å²) in [5, 5.41) is 3.77. The third-order valence-electron chi connectivity index (χ3n) is 5.17. The Labute approximate surface area is 169 Å². The van der Waals surface area contributed by atoms with Gasteiger partial charge in [0, 0.05) is 35.7 Å². The van der Waals surface area contributed by atoms with Crippen LogP contribution in [0.5, 0.6) is 5.75 Å². The van der Waals surface area contributed by atoms with Crippen molar-refractivity contribution in [2.75, 3.05) is 31.4 Å². The Balaban J connectivity index is 1.66. The first-order valence-corrected chi connectivity index (χ1v) is 9.72. The molecule has 7 heteroatoms. The maximum absolute atomic E-state index is 12.2. The lowest BCUT2D eigenvalue weighted by Gasteiger charge is -2.13. The summed E-state index contributed by atoms with van der Waals surface area (Å²) in [6.07, 6.45) is 0.0576. The number of rotatable bonds is 5. The predicted octanol–water partition coefficient (Wildman–Crippen LogP) is 4.26. The topological polar surface area (TPSA) is 87.7 Å². The van der Waals surface area contributed by atoms with Crippen molar-refractivity contribution in [2.45, 2.75) is 26.0 Å². The van der Waals surface area contributed by atoms with Crippen molar-refractivity contribution < 1.29 is 19.0 Å². The molecule has 4 rings (SSSR count). The quantitative estimate of drug-likeness (QED) is 0.674. The van der Waals surface area contributed by atoms with Gasteiger partial charge in [0.1, 0.15) is 11.9 Å². The van der Waals surface area contributed by atoms with Crippen molar-refractivity contribution in [1.29, 1.82) is 0 Å². The number of nitrogens with two attached hydrogens (primary N) is 1. The average molecular weight is 395 g/mol. The number of nitrogen functional groups attached to an aromatic ring is 1. The SMILES string of the molecule is CCn1c(-c2cccc(NC(=O)O[C@@H]3CCOC3)c2)c(N)c2ccc(OC)cc21. The summed E-state index contributed by atoms with van der Waals surface area (Å²) >= 11 is 0. The van der Waals surface area contributed by atoms with E-state index in [4.69, 9.17) is 19.9 Å². The highest BCUT2D eigenvalue weighted by molar-refractivity contribution is 6.02. The molecule has 7 nitrogen and oxygen atoms in total. The fraction of sp³-hybridized carbons (Fsp3) is 0.318. The Hall–Kier alpha value is -3.19. The van der Waals surface area contributed by atoms with E-state index in [2.05, 4.69) is 16.8 Å². The highest BCUT2D eigenvalue weighted by atomic mass is 16.6. The number of methoxy groups -OCH3 is 1. The zero-order valence-corrected chi connectivity index (χ0v) is 16.6. The van der Waals surface area contributed by atoms with Gasteiger partial charge in [-0.25, -0.2) is 4.79 Å². The van der Waals surface area contributed by atoms with Gasteiger partial charge in [-0.1, -0.05) is 12.1 Å². The van der Waals surface area contributed by atoms with Gasteiger partial charge in [-0.2, -0.15) is 0 Å². The number of nitrogens with one attached hydrogen (secondary N) is 1. The van der Waals surface area contributed by atoms with E-state index in [9.17, 15) is 4.79 Å². The van der Waals surface area contributed by atoms with Crippen LogP contribution in [0.3, 0.4) is 0 Å². The fourth-order valence-corrected chi connectivity index (χ4v) is 3.77. The molecule has 2 heterocycles. The second-order valence-corrected chi connectivity index (χ2v) is 6.99. The molecule has 1 saturated heterocycles. The van der Waals surface area contributed by atoms with E-state index in [0.29, 0.717) is 24.6 Å². The average Bonchev–Trinajstić information content (AvgIpc) is 3.33. The molecule has 0 radical (unpaired) electrons. The van der Waals surface area contributed by atoms with E-state index in [1.54, 1.807) is 7.11 Å². The van der Waals surface area contributed by atoms with Gasteiger partial charge in [0.25, 0.3) is 0 Å². The molecule has 0 spiro atoms. The molecule has 1 atom stereocenters. The number of nitrogens with zero attached hydrogens (tertiary/aromatic N) is 1. The monoisotopic (exact) mass is 395 g/mol. The van der Waals surface area contributed by atoms with Crippen molar-refractivity contribution in [2.24, 2.45) is 0 Å². The molecule has 0 bridgehead atoms. The fourth-order valence-electron chi connectivity index (χ4n) is 3.77. The minimum Gasteiger partial charge on any atom is -0.497 e. The number of carbonyl (C=O) groups is 1. The van der Waals surface area contributed by atoms with Crippen molar-refractivity contribution in [1.82, 2.24) is 4.57 Å². The van der Waals surface area contributed by atoms with Crippen LogP contribution in [0.1, 0.15) is 13.3 Å². The van der Waals surface area contributed by atoms with Crippen molar-refractivity contribution >= 4 is 28.4 Å². The molecule has 0 unspecified atom stereocenters. The van der Waals surface area contributed by atoms with E-state index in [-0.39, 0.29) is 6.10 Å². The summed E-state index contributed by atoms with van der Waals surface area (Å²) in [5.41, 5.74) is 10.7. The molecular weight excluding hydrogens is 370 g/mol. The van der Waals surface area contributed by atoms with Gasteiger partial charge in [0.15, 0.2) is 0 Å². The Kier molecular flexibility index (Phi) is 5.31. The van der Waals surface area contributed by atoms with Crippen LogP contribution in [0.4, 0.5) is 16.2 Å². The summed E-state index contributed by atoms with van der Waals surface area (Å²) < 4.78 is 18.1. The van der Waals surface area contributed by atoms with Gasteiger partial charge in [0.2, 0.25) is 0 Å². The largest absolute Gasteiger partial charge is 0.497 e. The Bertz CT molecular complexity index is 1040. The van der Waals surface area contributed by atoms with Crippen molar-refractivity contribution in [3.8, 4) is 17.0 Å². The summed E-state index contributed by atoms with van der Waals surface area (Å²) in [5.74, 6) is 0.783. The molecule has 1 fully saturated rings. The molecule has 1 aromatic heterocycles. The lowest BCUT2D eigenvalue weighted by atomic mass is 10.1. The Morgan fingerprint density at radius 2 is 2.17 bits per heavy atom. The number of benzene rings is 2. The second-order valence-electron chi connectivity index (χ2n) is 6.99. The number of anilines is 2. The molecule has 3 aromatic rings. The van der Waals surface area contributed by atoms with E-state index in [1.165, 1.54) is 0 Å². The highest BCUT2D eigenvalue weighted by Gasteiger charge is 2.20. The maximum atomic E-state index is 12.2. The number of ether oxygens (including phenoxy) is 3. The van der Waals surface area contributed by atoms with E-state index >= 15 is 0 Å². The number of amides is 1. The van der Waals surface area contributed by atoms with Gasteiger partial charge in [0.05, 0.1) is 37.2 Å². The third-order valence-corrected chi connectivity index (χ3v) is 5.17. The molecule has 1 amide bonds. The number of hydrogen-bond acceptors (Lipinski definition) is 5. The van der Waals surface area contributed by atoms with Gasteiger partial charge in [-0.05, 0) is 31.2 Å². The van der Waals surface area contributed by atoms with Crippen LogP contribution < -0.4 is 15.8 Å². The van der Waals surface area contributed by atoms with Crippen LogP contribution in [-0.2, 0) is 16.0 Å².